The number of aromatic nitrogens is 1. The number of thiazole rings is 1. The van der Waals surface area contributed by atoms with E-state index in [2.05, 4.69) is 22.7 Å². The molecule has 0 spiro atoms. The molecule has 0 atom stereocenters. The van der Waals surface area contributed by atoms with Gasteiger partial charge in [-0.25, -0.2) is 10.8 Å². The standard InChI is InChI=1S/C8H15N3S/c1-2-3-4-5-7-6-12-8(10-7)11-9/h6H,2-5,9H2,1H3,(H,10,11). The van der Waals surface area contributed by atoms with Crippen LogP contribution >= 0.6 is 11.3 Å². The summed E-state index contributed by atoms with van der Waals surface area (Å²) in [7, 11) is 0. The van der Waals surface area contributed by atoms with Crippen LogP contribution < -0.4 is 11.3 Å². The number of hydrazine groups is 1. The lowest BCUT2D eigenvalue weighted by molar-refractivity contribution is 0.710. The maximum absolute atomic E-state index is 5.22. The summed E-state index contributed by atoms with van der Waals surface area (Å²) >= 11 is 1.56. The van der Waals surface area contributed by atoms with E-state index >= 15 is 0 Å². The predicted octanol–water partition coefficient (Wildman–Crippen LogP) is 2.16. The molecule has 0 aliphatic heterocycles. The fourth-order valence-electron chi connectivity index (χ4n) is 1.04. The first-order valence-electron chi connectivity index (χ1n) is 4.28. The molecule has 1 aromatic rings. The van der Waals surface area contributed by atoms with Gasteiger partial charge < -0.3 is 0 Å². The Morgan fingerprint density at radius 1 is 1.58 bits per heavy atom. The van der Waals surface area contributed by atoms with Gasteiger partial charge >= 0.3 is 0 Å². The summed E-state index contributed by atoms with van der Waals surface area (Å²) < 4.78 is 0. The van der Waals surface area contributed by atoms with Crippen molar-refractivity contribution in [1.29, 1.82) is 0 Å². The van der Waals surface area contributed by atoms with Crippen LogP contribution in [0.1, 0.15) is 31.9 Å². The maximum atomic E-state index is 5.22. The second kappa shape index (κ2) is 5.11. The molecule has 0 aliphatic carbocycles. The summed E-state index contributed by atoms with van der Waals surface area (Å²) in [5.74, 6) is 5.22. The van der Waals surface area contributed by atoms with Crippen LogP contribution in [0.5, 0.6) is 0 Å². The summed E-state index contributed by atoms with van der Waals surface area (Å²) in [5, 5.41) is 2.87. The van der Waals surface area contributed by atoms with Gasteiger partial charge in [-0.15, -0.1) is 11.3 Å². The van der Waals surface area contributed by atoms with Crippen molar-refractivity contribution < 1.29 is 0 Å². The van der Waals surface area contributed by atoms with Crippen molar-refractivity contribution in [3.63, 3.8) is 0 Å². The van der Waals surface area contributed by atoms with E-state index in [1.807, 2.05) is 0 Å². The van der Waals surface area contributed by atoms with Gasteiger partial charge in [0.05, 0.1) is 5.69 Å². The monoisotopic (exact) mass is 185 g/mol. The molecule has 3 nitrogen and oxygen atoms in total. The van der Waals surface area contributed by atoms with Crippen LogP contribution in [0.2, 0.25) is 0 Å². The molecule has 12 heavy (non-hydrogen) atoms. The highest BCUT2D eigenvalue weighted by Gasteiger charge is 1.98. The third kappa shape index (κ3) is 2.79. The summed E-state index contributed by atoms with van der Waals surface area (Å²) in [5.41, 5.74) is 3.70. The molecule has 4 heteroatoms. The van der Waals surface area contributed by atoms with Crippen molar-refractivity contribution in [2.45, 2.75) is 32.6 Å². The van der Waals surface area contributed by atoms with Gasteiger partial charge in [0.15, 0.2) is 5.13 Å². The quantitative estimate of drug-likeness (QED) is 0.420. The van der Waals surface area contributed by atoms with Gasteiger partial charge in [0.2, 0.25) is 0 Å². The minimum Gasteiger partial charge on any atom is -0.300 e. The van der Waals surface area contributed by atoms with Gasteiger partial charge in [-0.05, 0) is 12.8 Å². The van der Waals surface area contributed by atoms with E-state index in [-0.39, 0.29) is 0 Å². The first-order valence-corrected chi connectivity index (χ1v) is 5.15. The molecule has 0 amide bonds. The molecular weight excluding hydrogens is 170 g/mol. The van der Waals surface area contributed by atoms with Crippen molar-refractivity contribution >= 4 is 16.5 Å². The van der Waals surface area contributed by atoms with E-state index < -0.39 is 0 Å². The van der Waals surface area contributed by atoms with Crippen LogP contribution in [-0.2, 0) is 6.42 Å². The number of anilines is 1. The lowest BCUT2D eigenvalue weighted by atomic mass is 10.2. The fourth-order valence-corrected chi connectivity index (χ4v) is 1.70. The van der Waals surface area contributed by atoms with E-state index in [1.165, 1.54) is 19.3 Å². The molecule has 0 saturated heterocycles. The Hall–Kier alpha value is -0.610. The van der Waals surface area contributed by atoms with Gasteiger partial charge in [0.25, 0.3) is 0 Å². The summed E-state index contributed by atoms with van der Waals surface area (Å²) in [6.45, 7) is 2.20. The summed E-state index contributed by atoms with van der Waals surface area (Å²) in [6.07, 6.45) is 4.84. The van der Waals surface area contributed by atoms with Crippen molar-refractivity contribution in [1.82, 2.24) is 4.98 Å². The van der Waals surface area contributed by atoms with Gasteiger partial charge in [-0.1, -0.05) is 19.8 Å². The summed E-state index contributed by atoms with van der Waals surface area (Å²) in [6, 6.07) is 0. The number of hydrogen-bond donors (Lipinski definition) is 2. The molecule has 3 N–H and O–H groups in total. The molecule has 0 radical (unpaired) electrons. The van der Waals surface area contributed by atoms with Crippen LogP contribution in [0, 0.1) is 0 Å². The highest BCUT2D eigenvalue weighted by molar-refractivity contribution is 7.13. The summed E-state index contributed by atoms with van der Waals surface area (Å²) in [4.78, 5) is 4.28. The Balaban J connectivity index is 2.31. The molecule has 1 rings (SSSR count). The zero-order valence-corrected chi connectivity index (χ0v) is 8.16. The lowest BCUT2D eigenvalue weighted by Gasteiger charge is -1.94. The number of nitrogen functional groups attached to an aromatic ring is 1. The highest BCUT2D eigenvalue weighted by atomic mass is 32.1. The first kappa shape index (κ1) is 9.48. The smallest absolute Gasteiger partial charge is 0.197 e. The first-order chi connectivity index (χ1) is 5.86. The van der Waals surface area contributed by atoms with Crippen LogP contribution in [0.3, 0.4) is 0 Å². The Morgan fingerprint density at radius 3 is 3.00 bits per heavy atom. The second-order valence-corrected chi connectivity index (χ2v) is 3.60. The highest BCUT2D eigenvalue weighted by Crippen LogP contribution is 2.15. The molecule has 0 bridgehead atoms. The topological polar surface area (TPSA) is 50.9 Å². The van der Waals surface area contributed by atoms with Crippen LogP contribution in [-0.4, -0.2) is 4.98 Å². The molecular formula is C8H15N3S. The van der Waals surface area contributed by atoms with Gasteiger partial charge in [-0.2, -0.15) is 0 Å². The number of aryl methyl sites for hydroxylation is 1. The molecule has 0 fully saturated rings. The SMILES string of the molecule is CCCCCc1csc(NN)n1. The van der Waals surface area contributed by atoms with Crippen molar-refractivity contribution in [3.05, 3.63) is 11.1 Å². The molecule has 1 heterocycles. The number of nitrogens with zero attached hydrogens (tertiary/aromatic N) is 1. The average molecular weight is 185 g/mol. The number of nitrogens with one attached hydrogen (secondary N) is 1. The largest absolute Gasteiger partial charge is 0.300 e. The fraction of sp³-hybridized carbons (Fsp3) is 0.625. The van der Waals surface area contributed by atoms with E-state index in [1.54, 1.807) is 11.3 Å². The number of unbranched alkanes of at least 4 members (excludes halogenated alkanes) is 2. The van der Waals surface area contributed by atoms with Gasteiger partial charge in [0.1, 0.15) is 0 Å². The Kier molecular flexibility index (Phi) is 4.04. The zero-order chi connectivity index (χ0) is 8.81. The molecule has 0 aliphatic rings. The average Bonchev–Trinajstić information content (AvgIpc) is 2.53. The molecule has 0 saturated carbocycles. The van der Waals surface area contributed by atoms with Crippen LogP contribution in [0.15, 0.2) is 5.38 Å². The number of nitrogens with two attached hydrogens (primary N) is 1. The maximum Gasteiger partial charge on any atom is 0.197 e. The second-order valence-electron chi connectivity index (χ2n) is 2.75. The Bertz CT molecular complexity index is 222. The van der Waals surface area contributed by atoms with Gasteiger partial charge in [-0.3, -0.25) is 5.43 Å². The van der Waals surface area contributed by atoms with E-state index in [0.29, 0.717) is 0 Å². The minimum atomic E-state index is 0.807. The minimum absolute atomic E-state index is 0.807. The van der Waals surface area contributed by atoms with E-state index in [4.69, 9.17) is 5.84 Å². The third-order valence-electron chi connectivity index (χ3n) is 1.71. The molecule has 0 aromatic carbocycles. The molecule has 68 valence electrons. The van der Waals surface area contributed by atoms with Crippen LogP contribution in [0.25, 0.3) is 0 Å². The van der Waals surface area contributed by atoms with Crippen molar-refractivity contribution in [3.8, 4) is 0 Å². The van der Waals surface area contributed by atoms with Crippen molar-refractivity contribution in [2.75, 3.05) is 5.43 Å². The predicted molar refractivity (Wildman–Crippen MR) is 53.2 cm³/mol. The van der Waals surface area contributed by atoms with Crippen LogP contribution in [0.4, 0.5) is 5.13 Å². The normalized spacial score (nSPS) is 10.2. The zero-order valence-electron chi connectivity index (χ0n) is 7.34. The van der Waals surface area contributed by atoms with Gasteiger partial charge in [0, 0.05) is 5.38 Å². The lowest BCUT2D eigenvalue weighted by Crippen LogP contribution is -2.06. The Morgan fingerprint density at radius 2 is 2.42 bits per heavy atom. The Labute approximate surface area is 77.0 Å². The van der Waals surface area contributed by atoms with E-state index in [9.17, 15) is 0 Å². The number of hydrogen-bond acceptors (Lipinski definition) is 4. The molecule has 0 unspecified atom stereocenters. The van der Waals surface area contributed by atoms with E-state index in [0.717, 1.165) is 17.2 Å². The number of rotatable bonds is 5. The molecule has 1 aromatic heterocycles. The third-order valence-corrected chi connectivity index (χ3v) is 2.53. The van der Waals surface area contributed by atoms with Crippen molar-refractivity contribution in [2.24, 2.45) is 5.84 Å².